The van der Waals surface area contributed by atoms with Crippen molar-refractivity contribution < 1.29 is 14.6 Å². The van der Waals surface area contributed by atoms with Crippen LogP contribution in [0.1, 0.15) is 18.4 Å². The number of amides is 1. The van der Waals surface area contributed by atoms with Crippen LogP contribution in [0.5, 0.6) is 5.75 Å². The van der Waals surface area contributed by atoms with Gasteiger partial charge in [-0.05, 0) is 50.7 Å². The molecule has 6 heteroatoms. The van der Waals surface area contributed by atoms with Gasteiger partial charge < -0.3 is 19.6 Å². The number of carbonyl (C=O) groups is 1. The predicted molar refractivity (Wildman–Crippen MR) is 82.1 cm³/mol. The summed E-state index contributed by atoms with van der Waals surface area (Å²) < 4.78 is 5.18. The van der Waals surface area contributed by atoms with E-state index in [1.165, 1.54) is 4.90 Å². The van der Waals surface area contributed by atoms with Crippen LogP contribution in [0.3, 0.4) is 0 Å². The van der Waals surface area contributed by atoms with Crippen molar-refractivity contribution in [3.63, 3.8) is 0 Å². The highest BCUT2D eigenvalue weighted by atomic mass is 35.5. The Balaban J connectivity index is 2.11. The summed E-state index contributed by atoms with van der Waals surface area (Å²) >= 11 is 6.00. The van der Waals surface area contributed by atoms with Crippen LogP contribution >= 0.6 is 11.6 Å². The van der Waals surface area contributed by atoms with E-state index >= 15 is 0 Å². The van der Waals surface area contributed by atoms with E-state index in [1.807, 2.05) is 6.07 Å². The number of halogens is 1. The van der Waals surface area contributed by atoms with Crippen LogP contribution < -0.4 is 4.74 Å². The number of likely N-dealkylation sites (tertiary alicyclic amines) is 1. The Hall–Kier alpha value is -1.46. The van der Waals surface area contributed by atoms with Crippen LogP contribution in [0.25, 0.3) is 0 Å². The molecule has 1 N–H and O–H groups in total. The van der Waals surface area contributed by atoms with Crippen LogP contribution in [-0.2, 0) is 6.54 Å². The quantitative estimate of drug-likeness (QED) is 0.929. The first-order chi connectivity index (χ1) is 10.0. The second kappa shape index (κ2) is 7.00. The molecule has 1 aromatic rings. The van der Waals surface area contributed by atoms with E-state index in [2.05, 4.69) is 11.9 Å². The standard InChI is InChI=1S/C15H21ClN2O3/c1-17-7-5-12(6-8-17)18(15(19)20)10-11-3-4-13(16)14(9-11)21-2/h3-4,9,12H,5-8,10H2,1-2H3,(H,19,20). The molecular formula is C15H21ClN2O3. The molecule has 2 rings (SSSR count). The second-order valence-corrected chi connectivity index (χ2v) is 5.82. The minimum absolute atomic E-state index is 0.0698. The molecule has 1 heterocycles. The third kappa shape index (κ3) is 4.02. The Kier molecular flexibility index (Phi) is 5.31. The molecule has 0 aromatic heterocycles. The Morgan fingerprint density at radius 1 is 1.48 bits per heavy atom. The number of nitrogens with zero attached hydrogens (tertiary/aromatic N) is 2. The van der Waals surface area contributed by atoms with Crippen molar-refractivity contribution in [2.75, 3.05) is 27.2 Å². The van der Waals surface area contributed by atoms with E-state index in [-0.39, 0.29) is 6.04 Å². The average molecular weight is 313 g/mol. The number of hydrogen-bond acceptors (Lipinski definition) is 3. The van der Waals surface area contributed by atoms with Gasteiger partial charge in [0.2, 0.25) is 0 Å². The molecule has 0 spiro atoms. The van der Waals surface area contributed by atoms with Gasteiger partial charge >= 0.3 is 6.09 Å². The first-order valence-electron chi connectivity index (χ1n) is 7.01. The number of methoxy groups -OCH3 is 1. The normalized spacial score (nSPS) is 16.7. The van der Waals surface area contributed by atoms with E-state index in [0.717, 1.165) is 31.5 Å². The predicted octanol–water partition coefficient (Wildman–Crippen LogP) is 2.92. The number of carboxylic acid groups (broad SMARTS) is 1. The van der Waals surface area contributed by atoms with Crippen LogP contribution in [0.15, 0.2) is 18.2 Å². The maximum absolute atomic E-state index is 11.6. The monoisotopic (exact) mass is 312 g/mol. The van der Waals surface area contributed by atoms with Crippen molar-refractivity contribution in [3.05, 3.63) is 28.8 Å². The Bertz CT molecular complexity index is 502. The molecule has 1 fully saturated rings. The topological polar surface area (TPSA) is 53.0 Å². The zero-order valence-electron chi connectivity index (χ0n) is 12.4. The average Bonchev–Trinajstić information content (AvgIpc) is 2.47. The highest BCUT2D eigenvalue weighted by molar-refractivity contribution is 6.32. The Morgan fingerprint density at radius 2 is 2.14 bits per heavy atom. The molecule has 21 heavy (non-hydrogen) atoms. The summed E-state index contributed by atoms with van der Waals surface area (Å²) in [4.78, 5) is 15.3. The van der Waals surface area contributed by atoms with Crippen molar-refractivity contribution in [1.29, 1.82) is 0 Å². The lowest BCUT2D eigenvalue weighted by atomic mass is 10.0. The van der Waals surface area contributed by atoms with E-state index in [0.29, 0.717) is 17.3 Å². The van der Waals surface area contributed by atoms with Gasteiger partial charge in [-0.1, -0.05) is 17.7 Å². The highest BCUT2D eigenvalue weighted by Crippen LogP contribution is 2.26. The molecule has 1 aliphatic heterocycles. The fourth-order valence-electron chi connectivity index (χ4n) is 2.66. The van der Waals surface area contributed by atoms with E-state index in [1.54, 1.807) is 19.2 Å². The minimum Gasteiger partial charge on any atom is -0.495 e. The second-order valence-electron chi connectivity index (χ2n) is 5.41. The summed E-state index contributed by atoms with van der Waals surface area (Å²) in [6.45, 7) is 2.22. The lowest BCUT2D eigenvalue weighted by molar-refractivity contribution is 0.0927. The maximum Gasteiger partial charge on any atom is 0.407 e. The van der Waals surface area contributed by atoms with Gasteiger partial charge in [0, 0.05) is 12.6 Å². The first-order valence-corrected chi connectivity index (χ1v) is 7.39. The summed E-state index contributed by atoms with van der Waals surface area (Å²) in [5.41, 5.74) is 0.887. The molecule has 0 unspecified atom stereocenters. The van der Waals surface area contributed by atoms with Crippen molar-refractivity contribution in [2.24, 2.45) is 0 Å². The maximum atomic E-state index is 11.6. The molecule has 0 saturated carbocycles. The van der Waals surface area contributed by atoms with Gasteiger partial charge in [0.15, 0.2) is 0 Å². The van der Waals surface area contributed by atoms with Crippen LogP contribution in [-0.4, -0.2) is 54.3 Å². The van der Waals surface area contributed by atoms with Crippen molar-refractivity contribution in [2.45, 2.75) is 25.4 Å². The zero-order valence-corrected chi connectivity index (χ0v) is 13.1. The fraction of sp³-hybridized carbons (Fsp3) is 0.533. The number of ether oxygens (including phenoxy) is 1. The van der Waals surface area contributed by atoms with Crippen molar-refractivity contribution in [3.8, 4) is 5.75 Å². The van der Waals surface area contributed by atoms with Gasteiger partial charge in [0.25, 0.3) is 0 Å². The molecule has 0 atom stereocenters. The zero-order chi connectivity index (χ0) is 15.4. The summed E-state index contributed by atoms with van der Waals surface area (Å²) in [7, 11) is 3.61. The molecule has 0 bridgehead atoms. The molecule has 1 amide bonds. The number of benzene rings is 1. The molecule has 5 nitrogen and oxygen atoms in total. The summed E-state index contributed by atoms with van der Waals surface area (Å²) in [5, 5.41) is 10.0. The van der Waals surface area contributed by atoms with Crippen molar-refractivity contribution >= 4 is 17.7 Å². The van der Waals surface area contributed by atoms with Crippen molar-refractivity contribution in [1.82, 2.24) is 9.80 Å². The molecular weight excluding hydrogens is 292 g/mol. The lowest BCUT2D eigenvalue weighted by Crippen LogP contribution is -2.45. The lowest BCUT2D eigenvalue weighted by Gasteiger charge is -2.35. The van der Waals surface area contributed by atoms with E-state index in [4.69, 9.17) is 16.3 Å². The largest absolute Gasteiger partial charge is 0.495 e. The first kappa shape index (κ1) is 15.9. The van der Waals surface area contributed by atoms with Gasteiger partial charge in [0.1, 0.15) is 5.75 Å². The Labute approximate surface area is 130 Å². The molecule has 1 aliphatic rings. The van der Waals surface area contributed by atoms with Gasteiger partial charge in [-0.15, -0.1) is 0 Å². The molecule has 116 valence electrons. The van der Waals surface area contributed by atoms with Crippen LogP contribution in [0.4, 0.5) is 4.79 Å². The van der Waals surface area contributed by atoms with Gasteiger partial charge in [-0.25, -0.2) is 4.79 Å². The Morgan fingerprint density at radius 3 is 2.71 bits per heavy atom. The van der Waals surface area contributed by atoms with Gasteiger partial charge in [-0.3, -0.25) is 0 Å². The third-order valence-electron chi connectivity index (χ3n) is 3.94. The number of piperidine rings is 1. The summed E-state index contributed by atoms with van der Waals surface area (Å²) in [6, 6.07) is 5.45. The summed E-state index contributed by atoms with van der Waals surface area (Å²) in [5.74, 6) is 0.572. The molecule has 1 saturated heterocycles. The van der Waals surface area contributed by atoms with Crippen LogP contribution in [0, 0.1) is 0 Å². The number of hydrogen-bond donors (Lipinski definition) is 1. The number of rotatable bonds is 4. The molecule has 0 aliphatic carbocycles. The third-order valence-corrected chi connectivity index (χ3v) is 4.26. The van der Waals surface area contributed by atoms with Crippen LogP contribution in [0.2, 0.25) is 5.02 Å². The van der Waals surface area contributed by atoms with Gasteiger partial charge in [0.05, 0.1) is 12.1 Å². The molecule has 1 aromatic carbocycles. The van der Waals surface area contributed by atoms with E-state index in [9.17, 15) is 9.90 Å². The molecule has 0 radical (unpaired) electrons. The fourth-order valence-corrected chi connectivity index (χ4v) is 2.85. The van der Waals surface area contributed by atoms with Gasteiger partial charge in [-0.2, -0.15) is 0 Å². The minimum atomic E-state index is -0.876. The summed E-state index contributed by atoms with van der Waals surface area (Å²) in [6.07, 6.45) is 0.861. The SMILES string of the molecule is COc1cc(CN(C(=O)O)C2CCN(C)CC2)ccc1Cl. The smallest absolute Gasteiger partial charge is 0.407 e. The highest BCUT2D eigenvalue weighted by Gasteiger charge is 2.26. The van der Waals surface area contributed by atoms with E-state index < -0.39 is 6.09 Å².